The number of hydrogen-bond donors (Lipinski definition) is 2. The van der Waals surface area contributed by atoms with E-state index in [1.807, 2.05) is 19.9 Å². The Bertz CT molecular complexity index is 771. The van der Waals surface area contributed by atoms with Gasteiger partial charge in [0.05, 0.1) is 0 Å². The number of carbonyl (C=O) groups is 1. The van der Waals surface area contributed by atoms with Crippen LogP contribution in [0.4, 0.5) is 0 Å². The van der Waals surface area contributed by atoms with E-state index in [2.05, 4.69) is 6.92 Å². The summed E-state index contributed by atoms with van der Waals surface area (Å²) in [5.41, 5.74) is 0.404. The molecule has 0 aliphatic carbocycles. The van der Waals surface area contributed by atoms with Crippen LogP contribution in [0.15, 0.2) is 38.6 Å². The van der Waals surface area contributed by atoms with Gasteiger partial charge in [-0.25, -0.2) is 4.79 Å². The van der Waals surface area contributed by atoms with Gasteiger partial charge in [-0.1, -0.05) is 38.0 Å². The fourth-order valence-corrected chi connectivity index (χ4v) is 2.70. The maximum absolute atomic E-state index is 12.6. The average Bonchev–Trinajstić information content (AvgIpc) is 2.63. The maximum Gasteiger partial charge on any atom is 0.351 e. The van der Waals surface area contributed by atoms with Crippen molar-refractivity contribution in [1.82, 2.24) is 0 Å². The molecule has 0 amide bonds. The molecule has 0 fully saturated rings. The Morgan fingerprint density at radius 3 is 2.59 bits per heavy atom. The lowest BCUT2D eigenvalue weighted by atomic mass is 9.99. The first kappa shape index (κ1) is 22.6. The Balaban J connectivity index is 3.01. The molecule has 0 aromatic carbocycles. The van der Waals surface area contributed by atoms with Crippen molar-refractivity contribution in [3.63, 3.8) is 0 Å². The number of Topliss-reactive ketones (excluding diaryl/α,β-unsaturated/α-hetero) is 1. The third kappa shape index (κ3) is 7.00. The zero-order chi connectivity index (χ0) is 20.4. The topological polar surface area (TPSA) is 91.4 Å². The predicted octanol–water partition coefficient (Wildman–Crippen LogP) is 5.53. The molecule has 148 valence electrons. The van der Waals surface area contributed by atoms with Crippen LogP contribution in [0.1, 0.15) is 88.3 Å². The van der Waals surface area contributed by atoms with Crippen molar-refractivity contribution in [2.75, 3.05) is 0 Å². The third-order valence-electron chi connectivity index (χ3n) is 4.55. The van der Waals surface area contributed by atoms with Crippen LogP contribution < -0.4 is 5.63 Å². The van der Waals surface area contributed by atoms with Crippen LogP contribution in [0.25, 0.3) is 0 Å². The smallest absolute Gasteiger partial charge is 0.351 e. The maximum atomic E-state index is 12.6. The number of aromatic hydroxyl groups is 1. The van der Waals surface area contributed by atoms with Crippen molar-refractivity contribution in [3.8, 4) is 5.75 Å². The summed E-state index contributed by atoms with van der Waals surface area (Å²) in [5.74, 6) is -0.585. The summed E-state index contributed by atoms with van der Waals surface area (Å²) in [6.07, 6.45) is 10.2. The summed E-state index contributed by atoms with van der Waals surface area (Å²) < 4.78 is 5.30. The lowest BCUT2D eigenvalue weighted by Gasteiger charge is -2.11. The SMILES string of the molecule is CCCCC(C)=CC=C(C)C(=O)c1c(O)cc(C(C)CCCC=N)oc1=O. The summed E-state index contributed by atoms with van der Waals surface area (Å²) in [7, 11) is 0. The van der Waals surface area contributed by atoms with Gasteiger partial charge in [-0.2, -0.15) is 0 Å². The fraction of sp³-hybridized carbons (Fsp3) is 0.500. The van der Waals surface area contributed by atoms with E-state index in [4.69, 9.17) is 9.83 Å². The first-order valence-corrected chi connectivity index (χ1v) is 9.56. The summed E-state index contributed by atoms with van der Waals surface area (Å²) in [4.78, 5) is 24.9. The van der Waals surface area contributed by atoms with Gasteiger partial charge in [-0.3, -0.25) is 4.79 Å². The minimum atomic E-state index is -0.812. The predicted molar refractivity (Wildman–Crippen MR) is 109 cm³/mol. The molecule has 0 bridgehead atoms. The Hall–Kier alpha value is -2.43. The fourth-order valence-electron chi connectivity index (χ4n) is 2.70. The van der Waals surface area contributed by atoms with Gasteiger partial charge in [0.2, 0.25) is 0 Å². The molecule has 5 nitrogen and oxygen atoms in total. The van der Waals surface area contributed by atoms with Gasteiger partial charge in [0.15, 0.2) is 5.78 Å². The quantitative estimate of drug-likeness (QED) is 0.175. The molecular weight excluding hydrogens is 342 g/mol. The van der Waals surface area contributed by atoms with Crippen LogP contribution in [-0.2, 0) is 0 Å². The molecule has 5 heteroatoms. The third-order valence-corrected chi connectivity index (χ3v) is 4.55. The summed E-state index contributed by atoms with van der Waals surface area (Å²) in [5, 5.41) is 17.3. The van der Waals surface area contributed by atoms with E-state index >= 15 is 0 Å². The van der Waals surface area contributed by atoms with Crippen molar-refractivity contribution in [1.29, 1.82) is 5.41 Å². The number of carbonyl (C=O) groups excluding carboxylic acids is 1. The Kier molecular flexibility index (Phi) is 9.48. The van der Waals surface area contributed by atoms with Crippen molar-refractivity contribution in [2.24, 2.45) is 0 Å². The number of unbranched alkanes of at least 4 members (excludes halogenated alkanes) is 2. The lowest BCUT2D eigenvalue weighted by Crippen LogP contribution is -2.16. The highest BCUT2D eigenvalue weighted by Gasteiger charge is 2.21. The van der Waals surface area contributed by atoms with Gasteiger partial charge < -0.3 is 14.9 Å². The number of hydrogen-bond acceptors (Lipinski definition) is 5. The molecular formula is C22H31NO4. The van der Waals surface area contributed by atoms with E-state index in [1.54, 1.807) is 13.0 Å². The molecule has 0 aliphatic rings. The van der Waals surface area contributed by atoms with E-state index in [-0.39, 0.29) is 17.2 Å². The second-order valence-electron chi connectivity index (χ2n) is 7.03. The molecule has 0 spiro atoms. The standard InChI is InChI=1S/C22H31NO4/c1-5-6-9-15(2)11-12-17(4)21(25)20-18(24)14-19(27-22(20)26)16(3)10-7-8-13-23/h11-14,16,23-24H,5-10H2,1-4H3. The first-order valence-electron chi connectivity index (χ1n) is 9.56. The van der Waals surface area contributed by atoms with Crippen molar-refractivity contribution in [3.05, 3.63) is 51.1 Å². The molecule has 1 aromatic rings. The van der Waals surface area contributed by atoms with Crippen molar-refractivity contribution >= 4 is 12.0 Å². The Labute approximate surface area is 161 Å². The highest BCUT2D eigenvalue weighted by atomic mass is 16.4. The van der Waals surface area contributed by atoms with Crippen LogP contribution in [0.2, 0.25) is 0 Å². The molecule has 27 heavy (non-hydrogen) atoms. The minimum absolute atomic E-state index is 0.0755. The first-order chi connectivity index (χ1) is 12.8. The highest BCUT2D eigenvalue weighted by molar-refractivity contribution is 6.09. The van der Waals surface area contributed by atoms with Crippen molar-refractivity contribution in [2.45, 2.75) is 72.1 Å². The van der Waals surface area contributed by atoms with Gasteiger partial charge in [-0.05, 0) is 57.7 Å². The van der Waals surface area contributed by atoms with E-state index in [0.717, 1.165) is 37.7 Å². The molecule has 0 saturated carbocycles. The normalized spacial score (nSPS) is 13.5. The molecule has 0 aliphatic heterocycles. The van der Waals surface area contributed by atoms with E-state index in [1.165, 1.54) is 12.3 Å². The van der Waals surface area contributed by atoms with Gasteiger partial charge in [0.1, 0.15) is 17.1 Å². The zero-order valence-corrected chi connectivity index (χ0v) is 16.8. The van der Waals surface area contributed by atoms with Gasteiger partial charge in [-0.15, -0.1) is 0 Å². The largest absolute Gasteiger partial charge is 0.507 e. The molecule has 1 rings (SSSR count). The number of nitrogens with one attached hydrogen (secondary N) is 1. The van der Waals surface area contributed by atoms with Crippen molar-refractivity contribution < 1.29 is 14.3 Å². The van der Waals surface area contributed by atoms with Crippen LogP contribution in [0.3, 0.4) is 0 Å². The number of rotatable bonds is 11. The zero-order valence-electron chi connectivity index (χ0n) is 16.8. The van der Waals surface area contributed by atoms with Gasteiger partial charge in [0, 0.05) is 12.0 Å². The molecule has 2 N–H and O–H groups in total. The van der Waals surface area contributed by atoms with Crippen LogP contribution in [0.5, 0.6) is 5.75 Å². The Morgan fingerprint density at radius 2 is 2.00 bits per heavy atom. The lowest BCUT2D eigenvalue weighted by molar-refractivity contribution is 0.102. The molecule has 1 atom stereocenters. The molecule has 0 saturated heterocycles. The Morgan fingerprint density at radius 1 is 1.30 bits per heavy atom. The molecule has 1 aromatic heterocycles. The molecule has 0 radical (unpaired) electrons. The van der Waals surface area contributed by atoms with Crippen LogP contribution in [-0.4, -0.2) is 17.1 Å². The van der Waals surface area contributed by atoms with Gasteiger partial charge >= 0.3 is 5.63 Å². The van der Waals surface area contributed by atoms with E-state index in [0.29, 0.717) is 17.8 Å². The number of allylic oxidation sites excluding steroid dienone is 4. The summed E-state index contributed by atoms with van der Waals surface area (Å²) in [6, 6.07) is 1.36. The van der Waals surface area contributed by atoms with Crippen LogP contribution in [0, 0.1) is 5.41 Å². The van der Waals surface area contributed by atoms with Crippen LogP contribution >= 0.6 is 0 Å². The number of ketones is 1. The highest BCUT2D eigenvalue weighted by Crippen LogP contribution is 2.26. The monoisotopic (exact) mass is 373 g/mol. The second-order valence-corrected chi connectivity index (χ2v) is 7.03. The van der Waals surface area contributed by atoms with Gasteiger partial charge in [0.25, 0.3) is 0 Å². The molecule has 1 heterocycles. The second kappa shape index (κ2) is 11.3. The summed E-state index contributed by atoms with van der Waals surface area (Å²) in [6.45, 7) is 7.64. The van der Waals surface area contributed by atoms with E-state index < -0.39 is 11.4 Å². The minimum Gasteiger partial charge on any atom is -0.507 e. The molecule has 1 unspecified atom stereocenters. The summed E-state index contributed by atoms with van der Waals surface area (Å²) >= 11 is 0. The van der Waals surface area contributed by atoms with E-state index in [9.17, 15) is 14.7 Å². The average molecular weight is 373 g/mol.